The van der Waals surface area contributed by atoms with E-state index in [9.17, 15) is 18.0 Å². The number of amides is 1. The number of carbonyl (C=O) groups is 1. The molecule has 0 radical (unpaired) electrons. The van der Waals surface area contributed by atoms with Crippen LogP contribution in [0.1, 0.15) is 36.8 Å². The Morgan fingerprint density at radius 3 is 2.88 bits per heavy atom. The van der Waals surface area contributed by atoms with Crippen LogP contribution in [-0.2, 0) is 21.4 Å². The molecule has 12 heteroatoms. The maximum atomic E-state index is 12.8. The summed E-state index contributed by atoms with van der Waals surface area (Å²) in [5.41, 5.74) is -0.345. The van der Waals surface area contributed by atoms with E-state index in [4.69, 9.17) is 16.9 Å². The Labute approximate surface area is 196 Å². The van der Waals surface area contributed by atoms with Gasteiger partial charge in [-0.2, -0.15) is 10.4 Å². The van der Waals surface area contributed by atoms with Crippen LogP contribution in [0.25, 0.3) is 0 Å². The summed E-state index contributed by atoms with van der Waals surface area (Å²) in [6.45, 7) is 1.44. The number of aryl methyl sites for hydroxylation is 1. The van der Waals surface area contributed by atoms with E-state index in [1.54, 1.807) is 25.1 Å². The number of aliphatic imine (C=N–C) groups is 1. The van der Waals surface area contributed by atoms with Crippen LogP contribution < -0.4 is 15.6 Å². The van der Waals surface area contributed by atoms with E-state index in [0.717, 1.165) is 30.1 Å². The highest BCUT2D eigenvalue weighted by atomic mass is 35.5. The zero-order valence-electron chi connectivity index (χ0n) is 17.9. The average molecular weight is 491 g/mol. The molecule has 0 spiro atoms. The van der Waals surface area contributed by atoms with E-state index in [2.05, 4.69) is 20.1 Å². The molecule has 1 aliphatic heterocycles. The summed E-state index contributed by atoms with van der Waals surface area (Å²) in [7, 11) is -3.80. The zero-order chi connectivity index (χ0) is 24.0. The molecule has 0 fully saturated rings. The van der Waals surface area contributed by atoms with E-state index in [-0.39, 0.29) is 33.8 Å². The number of nitrogens with zero attached hydrogens (tertiary/aromatic N) is 4. The molecule has 1 aromatic heterocycles. The van der Waals surface area contributed by atoms with Gasteiger partial charge < -0.3 is 5.32 Å². The van der Waals surface area contributed by atoms with Crippen molar-refractivity contribution < 1.29 is 13.2 Å². The number of rotatable bonds is 8. The number of hydrogen-bond acceptors (Lipinski definition) is 7. The van der Waals surface area contributed by atoms with Crippen molar-refractivity contribution in [1.82, 2.24) is 14.5 Å². The first kappa shape index (κ1) is 24.6. The van der Waals surface area contributed by atoms with Crippen LogP contribution in [0.2, 0.25) is 5.02 Å². The lowest BCUT2D eigenvalue weighted by molar-refractivity contribution is -0.117. The molecule has 2 heterocycles. The topological polar surface area (TPSA) is 146 Å². The smallest absolute Gasteiger partial charge is 0.286 e. The molecular weight excluding hydrogens is 468 g/mol. The molecule has 0 saturated heterocycles. The van der Waals surface area contributed by atoms with Crippen LogP contribution >= 0.6 is 11.6 Å². The van der Waals surface area contributed by atoms with Crippen molar-refractivity contribution >= 4 is 39.4 Å². The van der Waals surface area contributed by atoms with Crippen LogP contribution in [0, 0.1) is 18.3 Å². The lowest BCUT2D eigenvalue weighted by atomic mass is 10.1. The average Bonchev–Trinajstić information content (AvgIpc) is 2.78. The minimum atomic E-state index is -3.80. The minimum absolute atomic E-state index is 0.0426. The van der Waals surface area contributed by atoms with Crippen molar-refractivity contribution in [2.75, 3.05) is 11.9 Å². The maximum Gasteiger partial charge on any atom is 0.286 e. The molecule has 0 saturated carbocycles. The number of benzene rings is 1. The first-order valence-corrected chi connectivity index (χ1v) is 12.1. The van der Waals surface area contributed by atoms with Crippen LogP contribution in [0.4, 0.5) is 5.69 Å². The molecule has 3 rings (SSSR count). The summed E-state index contributed by atoms with van der Waals surface area (Å²) in [6.07, 6.45) is 6.56. The summed E-state index contributed by atoms with van der Waals surface area (Å²) in [5, 5.41) is 15.2. The second-order valence-corrected chi connectivity index (χ2v) is 9.72. The third-order valence-electron chi connectivity index (χ3n) is 5.12. The summed E-state index contributed by atoms with van der Waals surface area (Å²) in [5.74, 6) is -0.619. The van der Waals surface area contributed by atoms with Crippen molar-refractivity contribution in [3.8, 4) is 6.07 Å². The maximum absolute atomic E-state index is 12.8. The number of nitriles is 1. The van der Waals surface area contributed by atoms with E-state index in [1.807, 2.05) is 6.21 Å². The van der Waals surface area contributed by atoms with E-state index in [0.29, 0.717) is 12.0 Å². The Balaban J connectivity index is 1.68. The first-order chi connectivity index (χ1) is 15.7. The lowest BCUT2D eigenvalue weighted by Gasteiger charge is -2.16. The van der Waals surface area contributed by atoms with Gasteiger partial charge >= 0.3 is 0 Å². The molecule has 1 amide bonds. The number of nitrogens with one attached hydrogen (secondary N) is 2. The summed E-state index contributed by atoms with van der Waals surface area (Å²) < 4.78 is 29.0. The van der Waals surface area contributed by atoms with Crippen molar-refractivity contribution in [3.63, 3.8) is 0 Å². The van der Waals surface area contributed by atoms with Gasteiger partial charge in [-0.25, -0.2) is 17.8 Å². The largest absolute Gasteiger partial charge is 0.324 e. The highest BCUT2D eigenvalue weighted by Gasteiger charge is 2.19. The Hall–Kier alpha value is -3.07. The fourth-order valence-corrected chi connectivity index (χ4v) is 4.87. The molecule has 0 aliphatic carbocycles. The molecule has 1 unspecified atom stereocenters. The van der Waals surface area contributed by atoms with Crippen molar-refractivity contribution in [2.45, 2.75) is 50.1 Å². The number of halogens is 1. The number of aromatic nitrogens is 2. The molecule has 1 aromatic carbocycles. The summed E-state index contributed by atoms with van der Waals surface area (Å²) in [4.78, 5) is 29.0. The molecule has 2 aromatic rings. The predicted molar refractivity (Wildman–Crippen MR) is 124 cm³/mol. The third-order valence-corrected chi connectivity index (χ3v) is 7.01. The third kappa shape index (κ3) is 6.25. The minimum Gasteiger partial charge on any atom is -0.324 e. The number of carbonyl (C=O) groups excluding carboxylic acids is 1. The number of anilines is 1. The van der Waals surface area contributed by atoms with Gasteiger partial charge in [-0.3, -0.25) is 14.6 Å². The van der Waals surface area contributed by atoms with E-state index < -0.39 is 28.0 Å². The quantitative estimate of drug-likeness (QED) is 0.578. The zero-order valence-corrected chi connectivity index (χ0v) is 19.5. The van der Waals surface area contributed by atoms with Gasteiger partial charge in [0, 0.05) is 12.2 Å². The van der Waals surface area contributed by atoms with Crippen LogP contribution in [0.3, 0.4) is 0 Å². The van der Waals surface area contributed by atoms with Crippen molar-refractivity contribution in [2.24, 2.45) is 4.99 Å². The summed E-state index contributed by atoms with van der Waals surface area (Å²) >= 11 is 5.75. The van der Waals surface area contributed by atoms with Gasteiger partial charge in [-0.15, -0.1) is 0 Å². The standard InChI is InChI=1S/C21H23ClN6O4S/c1-14-5-6-16(27-20(29)13-28-21(30)17(11-23)18(22)12-25-28)10-19(14)33(31,32)26-9-7-15-4-2-3-8-24-15/h5-6,8,10,12,15,26H,2-4,7,9,13H2,1H3,(H,27,29). The van der Waals surface area contributed by atoms with E-state index in [1.165, 1.54) is 6.07 Å². The molecule has 174 valence electrons. The monoisotopic (exact) mass is 490 g/mol. The van der Waals surface area contributed by atoms with Gasteiger partial charge in [0.15, 0.2) is 0 Å². The van der Waals surface area contributed by atoms with E-state index >= 15 is 0 Å². The lowest BCUT2D eigenvalue weighted by Crippen LogP contribution is -2.31. The van der Waals surface area contributed by atoms with Gasteiger partial charge in [0.1, 0.15) is 18.2 Å². The normalized spacial score (nSPS) is 15.7. The molecule has 10 nitrogen and oxygen atoms in total. The molecule has 0 bridgehead atoms. The van der Waals surface area contributed by atoms with Crippen molar-refractivity contribution in [3.05, 3.63) is 50.9 Å². The van der Waals surface area contributed by atoms with Gasteiger partial charge in [0.2, 0.25) is 15.9 Å². The second kappa shape index (κ2) is 10.7. The Bertz CT molecular complexity index is 1280. The highest BCUT2D eigenvalue weighted by molar-refractivity contribution is 7.89. The predicted octanol–water partition coefficient (Wildman–Crippen LogP) is 2.01. The molecule has 33 heavy (non-hydrogen) atoms. The van der Waals surface area contributed by atoms with Gasteiger partial charge in [-0.1, -0.05) is 17.7 Å². The van der Waals surface area contributed by atoms with Gasteiger partial charge in [-0.05, 0) is 56.5 Å². The SMILES string of the molecule is Cc1ccc(NC(=O)Cn2ncc(Cl)c(C#N)c2=O)cc1S(=O)(=O)NCCC1CCCC=N1. The Morgan fingerprint density at radius 2 is 2.18 bits per heavy atom. The Morgan fingerprint density at radius 1 is 1.39 bits per heavy atom. The molecular formula is C21H23ClN6O4S. The van der Waals surface area contributed by atoms with Crippen LogP contribution in [0.5, 0.6) is 0 Å². The molecule has 1 aliphatic rings. The fourth-order valence-electron chi connectivity index (χ4n) is 3.39. The summed E-state index contributed by atoms with van der Waals surface area (Å²) in [6, 6.07) is 6.29. The van der Waals surface area contributed by atoms with Gasteiger partial charge in [0.05, 0.1) is 22.2 Å². The second-order valence-electron chi connectivity index (χ2n) is 7.57. The number of hydrogen-bond donors (Lipinski definition) is 2. The highest BCUT2D eigenvalue weighted by Crippen LogP contribution is 2.21. The number of sulfonamides is 1. The first-order valence-electron chi connectivity index (χ1n) is 10.3. The fraction of sp³-hybridized carbons (Fsp3) is 0.381. The molecule has 1 atom stereocenters. The Kier molecular flexibility index (Phi) is 7.97. The van der Waals surface area contributed by atoms with Crippen LogP contribution in [0.15, 0.2) is 39.1 Å². The van der Waals surface area contributed by atoms with Gasteiger partial charge in [0.25, 0.3) is 5.56 Å². The van der Waals surface area contributed by atoms with Crippen LogP contribution in [-0.4, -0.2) is 42.9 Å². The van der Waals surface area contributed by atoms with Crippen molar-refractivity contribution in [1.29, 1.82) is 5.26 Å². The molecule has 2 N–H and O–H groups in total.